The number of aromatic nitrogens is 7. The second-order valence-electron chi connectivity index (χ2n) is 7.96. The lowest BCUT2D eigenvalue weighted by molar-refractivity contribution is 0.0891. The summed E-state index contributed by atoms with van der Waals surface area (Å²) in [5, 5.41) is 9.36. The number of nitrogens with zero attached hydrogens (tertiary/aromatic N) is 8. The van der Waals surface area contributed by atoms with Gasteiger partial charge in [-0.3, -0.25) is 4.79 Å². The SMILES string of the molecule is CC1CC(C(=O)c2cn(C)c3nc(-n4nccn4)c(Cl)cc23)CCN1c1ncncc1Br. The Morgan fingerprint density at radius 3 is 2.75 bits per heavy atom. The fraction of sp³-hybridized carbons (Fsp3) is 0.333. The molecule has 5 heterocycles. The van der Waals surface area contributed by atoms with Crippen molar-refractivity contribution in [3.63, 3.8) is 0 Å². The predicted molar refractivity (Wildman–Crippen MR) is 124 cm³/mol. The first-order chi connectivity index (χ1) is 15.4. The maximum atomic E-state index is 13.5. The first-order valence-corrected chi connectivity index (χ1v) is 11.4. The van der Waals surface area contributed by atoms with Crippen LogP contribution in [-0.2, 0) is 7.05 Å². The van der Waals surface area contributed by atoms with E-state index >= 15 is 0 Å². The van der Waals surface area contributed by atoms with Gasteiger partial charge in [-0.15, -0.1) is 4.80 Å². The highest BCUT2D eigenvalue weighted by atomic mass is 79.9. The summed E-state index contributed by atoms with van der Waals surface area (Å²) in [4.78, 5) is 30.2. The van der Waals surface area contributed by atoms with Crippen LogP contribution >= 0.6 is 27.5 Å². The highest BCUT2D eigenvalue weighted by Crippen LogP contribution is 2.34. The van der Waals surface area contributed by atoms with Crippen molar-refractivity contribution in [3.8, 4) is 5.82 Å². The Morgan fingerprint density at radius 2 is 2.03 bits per heavy atom. The molecule has 0 amide bonds. The second kappa shape index (κ2) is 8.25. The maximum absolute atomic E-state index is 13.5. The molecule has 11 heteroatoms. The molecule has 1 aliphatic rings. The van der Waals surface area contributed by atoms with Gasteiger partial charge < -0.3 is 9.47 Å². The molecule has 32 heavy (non-hydrogen) atoms. The highest BCUT2D eigenvalue weighted by Gasteiger charge is 2.33. The minimum atomic E-state index is -0.0845. The summed E-state index contributed by atoms with van der Waals surface area (Å²) in [6, 6.07) is 1.95. The summed E-state index contributed by atoms with van der Waals surface area (Å²) in [7, 11) is 1.87. The summed E-state index contributed by atoms with van der Waals surface area (Å²) in [5.74, 6) is 1.33. The van der Waals surface area contributed by atoms with E-state index in [9.17, 15) is 4.79 Å². The van der Waals surface area contributed by atoms with E-state index in [-0.39, 0.29) is 17.7 Å². The Kier molecular flexibility index (Phi) is 5.42. The first-order valence-electron chi connectivity index (χ1n) is 10.2. The Labute approximate surface area is 197 Å². The smallest absolute Gasteiger partial charge is 0.195 e. The van der Waals surface area contributed by atoms with Crippen LogP contribution in [0.25, 0.3) is 16.9 Å². The number of fused-ring (bicyclic) bond motifs is 1. The number of carbonyl (C=O) groups is 1. The first kappa shape index (κ1) is 21.0. The minimum absolute atomic E-state index is 0.0845. The Hall–Kier alpha value is -2.85. The van der Waals surface area contributed by atoms with Crippen LogP contribution in [0.4, 0.5) is 5.82 Å². The number of hydrogen-bond acceptors (Lipinski definition) is 7. The molecule has 0 aliphatic carbocycles. The van der Waals surface area contributed by atoms with E-state index in [1.807, 2.05) is 17.8 Å². The standard InChI is InChI=1S/C21H20BrClN8O/c1-12-7-13(3-6-30(12)20-16(22)9-24-11-25-20)18(32)15-10-29(2)19-14(15)8-17(23)21(28-19)31-26-4-5-27-31/h4-5,8-13H,3,6-7H2,1-2H3. The molecule has 164 valence electrons. The lowest BCUT2D eigenvalue weighted by atomic mass is 9.85. The molecule has 4 aromatic rings. The Balaban J connectivity index is 1.43. The molecule has 2 atom stereocenters. The fourth-order valence-electron chi connectivity index (χ4n) is 4.39. The van der Waals surface area contributed by atoms with Crippen molar-refractivity contribution >= 4 is 50.2 Å². The van der Waals surface area contributed by atoms with E-state index < -0.39 is 0 Å². The van der Waals surface area contributed by atoms with E-state index in [1.165, 1.54) is 4.80 Å². The van der Waals surface area contributed by atoms with Crippen molar-refractivity contribution in [2.45, 2.75) is 25.8 Å². The van der Waals surface area contributed by atoms with E-state index in [0.717, 1.165) is 35.1 Å². The van der Waals surface area contributed by atoms with Crippen LogP contribution in [0.2, 0.25) is 5.02 Å². The van der Waals surface area contributed by atoms with Crippen molar-refractivity contribution in [1.29, 1.82) is 0 Å². The zero-order chi connectivity index (χ0) is 22.4. The average molecular weight is 516 g/mol. The van der Waals surface area contributed by atoms with Crippen molar-refractivity contribution in [1.82, 2.24) is 34.5 Å². The molecular weight excluding hydrogens is 496 g/mol. The summed E-state index contributed by atoms with van der Waals surface area (Å²) in [6.45, 7) is 2.87. The molecule has 1 aliphatic heterocycles. The monoisotopic (exact) mass is 514 g/mol. The number of aryl methyl sites for hydroxylation is 1. The van der Waals surface area contributed by atoms with Crippen LogP contribution in [0.1, 0.15) is 30.1 Å². The van der Waals surface area contributed by atoms with E-state index in [1.54, 1.807) is 31.0 Å². The van der Waals surface area contributed by atoms with Crippen LogP contribution in [0.3, 0.4) is 0 Å². The number of anilines is 1. The van der Waals surface area contributed by atoms with Gasteiger partial charge in [-0.1, -0.05) is 11.6 Å². The molecule has 5 rings (SSSR count). The number of rotatable bonds is 4. The number of piperidine rings is 1. The second-order valence-corrected chi connectivity index (χ2v) is 9.22. The number of ketones is 1. The summed E-state index contributed by atoms with van der Waals surface area (Å²) >= 11 is 10.0. The lowest BCUT2D eigenvalue weighted by Crippen LogP contribution is -2.43. The highest BCUT2D eigenvalue weighted by molar-refractivity contribution is 9.10. The van der Waals surface area contributed by atoms with Gasteiger partial charge in [-0.25, -0.2) is 15.0 Å². The molecule has 0 aromatic carbocycles. The number of hydrogen-bond donors (Lipinski definition) is 0. The quantitative estimate of drug-likeness (QED) is 0.381. The van der Waals surface area contributed by atoms with Gasteiger partial charge in [0.15, 0.2) is 11.6 Å². The van der Waals surface area contributed by atoms with Crippen molar-refractivity contribution < 1.29 is 4.79 Å². The zero-order valence-corrected chi connectivity index (χ0v) is 19.8. The summed E-state index contributed by atoms with van der Waals surface area (Å²) in [6.07, 6.45) is 9.74. The van der Waals surface area contributed by atoms with Gasteiger partial charge in [0.1, 0.15) is 17.8 Å². The average Bonchev–Trinajstić information content (AvgIpc) is 3.42. The fourth-order valence-corrected chi connectivity index (χ4v) is 5.06. The molecule has 0 bridgehead atoms. The maximum Gasteiger partial charge on any atom is 0.195 e. The molecule has 9 nitrogen and oxygen atoms in total. The molecule has 0 N–H and O–H groups in total. The van der Waals surface area contributed by atoms with E-state index in [2.05, 4.69) is 52.9 Å². The largest absolute Gasteiger partial charge is 0.353 e. The molecule has 2 unspecified atom stereocenters. The van der Waals surface area contributed by atoms with Crippen LogP contribution in [0.15, 0.2) is 41.7 Å². The third-order valence-corrected chi connectivity index (χ3v) is 6.76. The van der Waals surface area contributed by atoms with Crippen LogP contribution in [0.5, 0.6) is 0 Å². The van der Waals surface area contributed by atoms with Crippen molar-refractivity contribution in [2.24, 2.45) is 13.0 Å². The van der Waals surface area contributed by atoms with Crippen LogP contribution in [-0.4, -0.2) is 52.9 Å². The zero-order valence-electron chi connectivity index (χ0n) is 17.5. The van der Waals surface area contributed by atoms with Crippen molar-refractivity contribution in [3.05, 3.63) is 52.2 Å². The predicted octanol–water partition coefficient (Wildman–Crippen LogP) is 3.85. The number of Topliss-reactive ketones (excluding diaryl/α,β-unsaturated/α-hetero) is 1. The van der Waals surface area contributed by atoms with Gasteiger partial charge in [0, 0.05) is 48.9 Å². The normalized spacial score (nSPS) is 18.9. The van der Waals surface area contributed by atoms with Gasteiger partial charge in [0.2, 0.25) is 0 Å². The van der Waals surface area contributed by atoms with Crippen LogP contribution in [0, 0.1) is 5.92 Å². The third kappa shape index (κ3) is 3.57. The van der Waals surface area contributed by atoms with Gasteiger partial charge in [0.05, 0.1) is 21.9 Å². The summed E-state index contributed by atoms with van der Waals surface area (Å²) in [5.41, 5.74) is 1.31. The van der Waals surface area contributed by atoms with Gasteiger partial charge in [-0.05, 0) is 41.8 Å². The number of carbonyl (C=O) groups excluding carboxylic acids is 1. The number of pyridine rings is 1. The van der Waals surface area contributed by atoms with E-state index in [0.29, 0.717) is 22.1 Å². The van der Waals surface area contributed by atoms with Crippen molar-refractivity contribution in [2.75, 3.05) is 11.4 Å². The molecule has 4 aromatic heterocycles. The van der Waals surface area contributed by atoms with Gasteiger partial charge in [0.25, 0.3) is 0 Å². The van der Waals surface area contributed by atoms with Crippen LogP contribution < -0.4 is 4.90 Å². The van der Waals surface area contributed by atoms with E-state index in [4.69, 9.17) is 11.6 Å². The Bertz CT molecular complexity index is 1300. The number of halogens is 2. The Morgan fingerprint density at radius 1 is 1.25 bits per heavy atom. The summed E-state index contributed by atoms with van der Waals surface area (Å²) < 4.78 is 2.71. The molecule has 1 fully saturated rings. The molecule has 0 radical (unpaired) electrons. The minimum Gasteiger partial charge on any atom is -0.353 e. The topological polar surface area (TPSA) is 94.6 Å². The third-order valence-electron chi connectivity index (χ3n) is 5.93. The van der Waals surface area contributed by atoms with Gasteiger partial charge in [-0.2, -0.15) is 10.2 Å². The van der Waals surface area contributed by atoms with Gasteiger partial charge >= 0.3 is 0 Å². The molecule has 0 spiro atoms. The molecular formula is C21H20BrClN8O. The molecule has 1 saturated heterocycles. The molecule has 0 saturated carbocycles. The lowest BCUT2D eigenvalue weighted by Gasteiger charge is -2.38.